The van der Waals surface area contributed by atoms with Crippen LogP contribution in [0.2, 0.25) is 0 Å². The van der Waals surface area contributed by atoms with Gasteiger partial charge < -0.3 is 5.32 Å². The van der Waals surface area contributed by atoms with Crippen molar-refractivity contribution >= 4 is 11.7 Å². The van der Waals surface area contributed by atoms with Crippen molar-refractivity contribution in [2.75, 3.05) is 13.1 Å². The maximum Gasteiger partial charge on any atom is 0.237 e. The lowest BCUT2D eigenvalue weighted by molar-refractivity contribution is -0.134. The number of nitrogens with zero attached hydrogens (tertiary/aromatic N) is 1. The number of amides is 1. The molecule has 118 valence electrons. The van der Waals surface area contributed by atoms with Crippen molar-refractivity contribution in [1.29, 1.82) is 0 Å². The molecule has 0 spiro atoms. The quantitative estimate of drug-likeness (QED) is 0.849. The van der Waals surface area contributed by atoms with Crippen molar-refractivity contribution in [1.82, 2.24) is 10.2 Å². The molecular weight excluding hydrogens is 264 g/mol. The molecule has 0 aromatic rings. The van der Waals surface area contributed by atoms with Crippen LogP contribution in [0, 0.1) is 5.92 Å². The fraction of sp³-hybridized carbons (Fsp3) is 0.882. The predicted molar refractivity (Wildman–Crippen MR) is 82.0 cm³/mol. The standard InChI is InChI=1S/C17H28N2O2/c20-16-10-2-1-7-13(16)14-8-4-6-12-19(14)15-9-3-5-11-18-17(15)21/h13-15H,1-12H2,(H,18,21). The molecule has 3 rings (SSSR count). The molecule has 4 heteroatoms. The Labute approximate surface area is 127 Å². The molecule has 21 heavy (non-hydrogen) atoms. The van der Waals surface area contributed by atoms with Gasteiger partial charge in [0.2, 0.25) is 5.91 Å². The Morgan fingerprint density at radius 1 is 0.905 bits per heavy atom. The highest BCUT2D eigenvalue weighted by molar-refractivity contribution is 5.83. The number of Topliss-reactive ketones (excluding diaryl/α,β-unsaturated/α-hetero) is 1. The Kier molecular flexibility index (Phi) is 4.94. The average molecular weight is 292 g/mol. The Morgan fingerprint density at radius 3 is 2.57 bits per heavy atom. The van der Waals surface area contributed by atoms with Gasteiger partial charge in [0, 0.05) is 24.9 Å². The van der Waals surface area contributed by atoms with Gasteiger partial charge >= 0.3 is 0 Å². The van der Waals surface area contributed by atoms with E-state index < -0.39 is 0 Å². The Balaban J connectivity index is 1.76. The first-order chi connectivity index (χ1) is 10.3. The molecule has 1 aliphatic carbocycles. The largest absolute Gasteiger partial charge is 0.355 e. The normalized spacial score (nSPS) is 36.1. The second-order valence-corrected chi connectivity index (χ2v) is 6.92. The first kappa shape index (κ1) is 15.0. The maximum absolute atomic E-state index is 12.4. The van der Waals surface area contributed by atoms with E-state index in [4.69, 9.17) is 0 Å². The van der Waals surface area contributed by atoms with Gasteiger partial charge in [-0.3, -0.25) is 14.5 Å². The fourth-order valence-corrected chi connectivity index (χ4v) is 4.46. The van der Waals surface area contributed by atoms with E-state index in [2.05, 4.69) is 10.2 Å². The second-order valence-electron chi connectivity index (χ2n) is 6.92. The average Bonchev–Trinajstić information content (AvgIpc) is 2.72. The number of hydrogen-bond donors (Lipinski definition) is 1. The van der Waals surface area contributed by atoms with Gasteiger partial charge in [0.1, 0.15) is 5.78 Å². The van der Waals surface area contributed by atoms with Crippen molar-refractivity contribution in [2.24, 2.45) is 5.92 Å². The minimum atomic E-state index is 0.00697. The second kappa shape index (κ2) is 6.91. The molecule has 1 N–H and O–H groups in total. The lowest BCUT2D eigenvalue weighted by Crippen LogP contribution is -2.56. The molecule has 3 atom stereocenters. The van der Waals surface area contributed by atoms with Crippen molar-refractivity contribution < 1.29 is 9.59 Å². The number of piperidine rings is 1. The van der Waals surface area contributed by atoms with Gasteiger partial charge in [0.25, 0.3) is 0 Å². The Hall–Kier alpha value is -0.900. The van der Waals surface area contributed by atoms with E-state index in [1.807, 2.05) is 0 Å². The monoisotopic (exact) mass is 292 g/mol. The summed E-state index contributed by atoms with van der Waals surface area (Å²) in [4.78, 5) is 27.1. The van der Waals surface area contributed by atoms with Gasteiger partial charge in [-0.2, -0.15) is 0 Å². The molecule has 4 nitrogen and oxygen atoms in total. The topological polar surface area (TPSA) is 49.4 Å². The highest BCUT2D eigenvalue weighted by Gasteiger charge is 2.40. The van der Waals surface area contributed by atoms with Crippen molar-refractivity contribution in [3.8, 4) is 0 Å². The third kappa shape index (κ3) is 3.31. The smallest absolute Gasteiger partial charge is 0.237 e. The Morgan fingerprint density at radius 2 is 1.71 bits per heavy atom. The minimum absolute atomic E-state index is 0.00697. The third-order valence-corrected chi connectivity index (χ3v) is 5.57. The summed E-state index contributed by atoms with van der Waals surface area (Å²) in [6.07, 6.45) is 10.7. The Bertz CT molecular complexity index is 396. The van der Waals surface area contributed by atoms with Crippen LogP contribution in [-0.2, 0) is 9.59 Å². The highest BCUT2D eigenvalue weighted by atomic mass is 16.2. The van der Waals surface area contributed by atoms with Crippen LogP contribution in [0.15, 0.2) is 0 Å². The van der Waals surface area contributed by atoms with Crippen LogP contribution in [0.5, 0.6) is 0 Å². The van der Waals surface area contributed by atoms with Gasteiger partial charge in [-0.15, -0.1) is 0 Å². The van der Waals surface area contributed by atoms with Crippen LogP contribution in [0.3, 0.4) is 0 Å². The van der Waals surface area contributed by atoms with Crippen LogP contribution in [-0.4, -0.2) is 41.8 Å². The zero-order valence-electron chi connectivity index (χ0n) is 13.0. The number of rotatable bonds is 2. The van der Waals surface area contributed by atoms with E-state index in [0.29, 0.717) is 11.8 Å². The summed E-state index contributed by atoms with van der Waals surface area (Å²) in [6, 6.07) is 0.327. The predicted octanol–water partition coefficient (Wildman–Crippen LogP) is 2.27. The molecule has 3 fully saturated rings. The number of likely N-dealkylation sites (tertiary alicyclic amines) is 1. The van der Waals surface area contributed by atoms with E-state index in [1.165, 1.54) is 19.3 Å². The van der Waals surface area contributed by atoms with Gasteiger partial charge in [0.05, 0.1) is 6.04 Å². The summed E-state index contributed by atoms with van der Waals surface area (Å²) in [5.41, 5.74) is 0. The fourth-order valence-electron chi connectivity index (χ4n) is 4.46. The number of ketones is 1. The summed E-state index contributed by atoms with van der Waals surface area (Å²) >= 11 is 0. The molecule has 2 aliphatic heterocycles. The SMILES string of the molecule is O=C1CCCCC1C1CCCCN1C1CCCCNC1=O. The van der Waals surface area contributed by atoms with Gasteiger partial charge in [-0.25, -0.2) is 0 Å². The minimum Gasteiger partial charge on any atom is -0.355 e. The van der Waals surface area contributed by atoms with Crippen molar-refractivity contribution in [3.63, 3.8) is 0 Å². The van der Waals surface area contributed by atoms with Crippen LogP contribution in [0.1, 0.15) is 64.2 Å². The summed E-state index contributed by atoms with van der Waals surface area (Å²) in [7, 11) is 0. The molecule has 0 radical (unpaired) electrons. The van der Waals surface area contributed by atoms with Crippen LogP contribution >= 0.6 is 0 Å². The van der Waals surface area contributed by atoms with Gasteiger partial charge in [0.15, 0.2) is 0 Å². The maximum atomic E-state index is 12.4. The first-order valence-corrected chi connectivity index (χ1v) is 8.83. The highest BCUT2D eigenvalue weighted by Crippen LogP contribution is 2.34. The molecular formula is C17H28N2O2. The summed E-state index contributed by atoms with van der Waals surface area (Å²) < 4.78 is 0. The molecule has 2 saturated heterocycles. The number of hydrogen-bond acceptors (Lipinski definition) is 3. The number of nitrogens with one attached hydrogen (secondary N) is 1. The summed E-state index contributed by atoms with van der Waals surface area (Å²) in [6.45, 7) is 1.81. The third-order valence-electron chi connectivity index (χ3n) is 5.57. The zero-order chi connectivity index (χ0) is 14.7. The van der Waals surface area contributed by atoms with E-state index in [-0.39, 0.29) is 17.9 Å². The molecule has 0 bridgehead atoms. The number of carbonyl (C=O) groups excluding carboxylic acids is 2. The van der Waals surface area contributed by atoms with Gasteiger partial charge in [-0.05, 0) is 51.5 Å². The van der Waals surface area contributed by atoms with E-state index >= 15 is 0 Å². The number of carbonyl (C=O) groups is 2. The van der Waals surface area contributed by atoms with Crippen molar-refractivity contribution in [2.45, 2.75) is 76.3 Å². The van der Waals surface area contributed by atoms with Gasteiger partial charge in [-0.1, -0.05) is 12.8 Å². The van der Waals surface area contributed by atoms with Crippen LogP contribution in [0.25, 0.3) is 0 Å². The molecule has 3 unspecified atom stereocenters. The molecule has 0 aromatic heterocycles. The zero-order valence-corrected chi connectivity index (χ0v) is 13.0. The van der Waals surface area contributed by atoms with E-state index in [9.17, 15) is 9.59 Å². The summed E-state index contributed by atoms with van der Waals surface area (Å²) in [5, 5.41) is 3.06. The van der Waals surface area contributed by atoms with Crippen LogP contribution < -0.4 is 5.32 Å². The molecule has 1 amide bonds. The lowest BCUT2D eigenvalue weighted by atomic mass is 9.78. The van der Waals surface area contributed by atoms with E-state index in [1.54, 1.807) is 0 Å². The van der Waals surface area contributed by atoms with E-state index in [0.717, 1.165) is 58.0 Å². The summed E-state index contributed by atoms with van der Waals surface area (Å²) in [5.74, 6) is 0.838. The lowest BCUT2D eigenvalue weighted by Gasteiger charge is -2.44. The molecule has 1 saturated carbocycles. The molecule has 0 aromatic carbocycles. The molecule has 3 aliphatic rings. The van der Waals surface area contributed by atoms with Crippen molar-refractivity contribution in [3.05, 3.63) is 0 Å². The molecule has 2 heterocycles. The first-order valence-electron chi connectivity index (χ1n) is 8.83. The van der Waals surface area contributed by atoms with Crippen LogP contribution in [0.4, 0.5) is 0 Å².